The average molecular weight is 451 g/mol. The molecule has 4 rings (SSSR count). The SMILES string of the molecule is O=C(CC[N+]1(CCC(=O)OCc2ccccc2)CC2CCCCC2C1)OCc1ccccc1. The minimum atomic E-state index is -0.155. The number of ether oxygens (including phenoxy) is 2. The summed E-state index contributed by atoms with van der Waals surface area (Å²) in [4.78, 5) is 25.0. The van der Waals surface area contributed by atoms with E-state index in [2.05, 4.69) is 0 Å². The van der Waals surface area contributed by atoms with Crippen molar-refractivity contribution >= 4 is 11.9 Å². The van der Waals surface area contributed by atoms with Crippen LogP contribution in [0.3, 0.4) is 0 Å². The molecule has 2 fully saturated rings. The van der Waals surface area contributed by atoms with E-state index in [0.29, 0.717) is 26.1 Å². The van der Waals surface area contributed by atoms with Crippen LogP contribution in [0.5, 0.6) is 0 Å². The molecule has 5 nitrogen and oxygen atoms in total. The van der Waals surface area contributed by atoms with E-state index in [9.17, 15) is 9.59 Å². The molecule has 5 heteroatoms. The number of esters is 2. The lowest BCUT2D eigenvalue weighted by Gasteiger charge is -2.34. The Morgan fingerprint density at radius 1 is 0.697 bits per heavy atom. The number of fused-ring (bicyclic) bond motifs is 1. The predicted molar refractivity (Wildman–Crippen MR) is 127 cm³/mol. The van der Waals surface area contributed by atoms with Gasteiger partial charge in [0.15, 0.2) is 0 Å². The summed E-state index contributed by atoms with van der Waals surface area (Å²) in [7, 11) is 0. The highest BCUT2D eigenvalue weighted by Gasteiger charge is 2.46. The molecule has 0 radical (unpaired) electrons. The zero-order valence-electron chi connectivity index (χ0n) is 19.5. The summed E-state index contributed by atoms with van der Waals surface area (Å²) in [5, 5.41) is 0. The summed E-state index contributed by atoms with van der Waals surface area (Å²) in [6.45, 7) is 4.26. The van der Waals surface area contributed by atoms with Gasteiger partial charge in [-0.3, -0.25) is 9.59 Å². The van der Waals surface area contributed by atoms with Gasteiger partial charge in [0.1, 0.15) is 13.2 Å². The van der Waals surface area contributed by atoms with Gasteiger partial charge in [-0.2, -0.15) is 0 Å². The number of benzene rings is 2. The number of rotatable bonds is 10. The standard InChI is InChI=1S/C28H36NO4/c30-27(32-21-23-9-3-1-4-10-23)15-17-29(19-25-13-7-8-14-26(25)20-29)18-16-28(31)33-22-24-11-5-2-6-12-24/h1-6,9-12,25-26H,7-8,13-22H2/q+1. The molecule has 0 amide bonds. The van der Waals surface area contributed by atoms with Crippen molar-refractivity contribution in [3.05, 3.63) is 71.8 Å². The van der Waals surface area contributed by atoms with Gasteiger partial charge >= 0.3 is 11.9 Å². The molecule has 1 aliphatic heterocycles. The Hall–Kier alpha value is -2.66. The molecule has 1 aliphatic carbocycles. The van der Waals surface area contributed by atoms with Crippen molar-refractivity contribution in [2.24, 2.45) is 11.8 Å². The van der Waals surface area contributed by atoms with E-state index in [1.807, 2.05) is 60.7 Å². The van der Waals surface area contributed by atoms with Crippen LogP contribution in [0.2, 0.25) is 0 Å². The molecule has 1 saturated heterocycles. The Labute approximate surface area is 197 Å². The highest BCUT2D eigenvalue weighted by molar-refractivity contribution is 5.70. The maximum atomic E-state index is 12.5. The van der Waals surface area contributed by atoms with Crippen LogP contribution in [0.15, 0.2) is 60.7 Å². The summed E-state index contributed by atoms with van der Waals surface area (Å²) in [6.07, 6.45) is 5.96. The fourth-order valence-corrected chi connectivity index (χ4v) is 5.59. The first-order chi connectivity index (χ1) is 16.1. The van der Waals surface area contributed by atoms with Crippen molar-refractivity contribution in [3.8, 4) is 0 Å². The van der Waals surface area contributed by atoms with Crippen molar-refractivity contribution in [2.75, 3.05) is 26.2 Å². The summed E-state index contributed by atoms with van der Waals surface area (Å²) >= 11 is 0. The fourth-order valence-electron chi connectivity index (χ4n) is 5.59. The first kappa shape index (κ1) is 23.5. The third-order valence-corrected chi connectivity index (χ3v) is 7.38. The van der Waals surface area contributed by atoms with Gasteiger partial charge in [0.05, 0.1) is 39.0 Å². The molecular weight excluding hydrogens is 414 g/mol. The van der Waals surface area contributed by atoms with E-state index in [0.717, 1.165) is 53.6 Å². The molecular formula is C28H36NO4+. The monoisotopic (exact) mass is 450 g/mol. The fraction of sp³-hybridized carbons (Fsp3) is 0.500. The maximum absolute atomic E-state index is 12.5. The van der Waals surface area contributed by atoms with Gasteiger partial charge in [-0.05, 0) is 24.0 Å². The zero-order chi connectivity index (χ0) is 22.9. The van der Waals surface area contributed by atoms with E-state index < -0.39 is 0 Å². The highest BCUT2D eigenvalue weighted by Crippen LogP contribution is 2.40. The molecule has 2 aromatic rings. The summed E-state index contributed by atoms with van der Waals surface area (Å²) in [6, 6.07) is 19.6. The molecule has 0 aromatic heterocycles. The molecule has 2 unspecified atom stereocenters. The van der Waals surface area contributed by atoms with Crippen molar-refractivity contribution in [2.45, 2.75) is 51.7 Å². The number of quaternary nitrogens is 1. The molecule has 2 aromatic carbocycles. The van der Waals surface area contributed by atoms with Gasteiger partial charge in [0, 0.05) is 11.8 Å². The van der Waals surface area contributed by atoms with Crippen LogP contribution < -0.4 is 0 Å². The molecule has 0 N–H and O–H groups in total. The highest BCUT2D eigenvalue weighted by atomic mass is 16.5. The normalized spacial score (nSPS) is 21.2. The second kappa shape index (κ2) is 11.5. The van der Waals surface area contributed by atoms with Crippen molar-refractivity contribution in [1.29, 1.82) is 0 Å². The largest absolute Gasteiger partial charge is 0.461 e. The van der Waals surface area contributed by atoms with Crippen LogP contribution in [-0.2, 0) is 32.3 Å². The minimum Gasteiger partial charge on any atom is -0.461 e. The van der Waals surface area contributed by atoms with Crippen molar-refractivity contribution < 1.29 is 23.5 Å². The number of hydrogen-bond acceptors (Lipinski definition) is 4. The molecule has 2 aliphatic rings. The topological polar surface area (TPSA) is 52.6 Å². The molecule has 2 atom stereocenters. The maximum Gasteiger partial charge on any atom is 0.311 e. The molecule has 1 saturated carbocycles. The second-order valence-corrected chi connectivity index (χ2v) is 9.75. The number of carbonyl (C=O) groups excluding carboxylic acids is 2. The van der Waals surface area contributed by atoms with Crippen molar-refractivity contribution in [3.63, 3.8) is 0 Å². The van der Waals surface area contributed by atoms with E-state index in [1.165, 1.54) is 25.7 Å². The van der Waals surface area contributed by atoms with Crippen LogP contribution >= 0.6 is 0 Å². The molecule has 33 heavy (non-hydrogen) atoms. The van der Waals surface area contributed by atoms with Crippen LogP contribution in [0.25, 0.3) is 0 Å². The smallest absolute Gasteiger partial charge is 0.311 e. The number of carbonyl (C=O) groups is 2. The van der Waals surface area contributed by atoms with Gasteiger partial charge in [0.2, 0.25) is 0 Å². The Morgan fingerprint density at radius 3 is 1.55 bits per heavy atom. The first-order valence-corrected chi connectivity index (χ1v) is 12.4. The first-order valence-electron chi connectivity index (χ1n) is 12.4. The van der Waals surface area contributed by atoms with Gasteiger partial charge in [-0.25, -0.2) is 0 Å². The van der Waals surface area contributed by atoms with Gasteiger partial charge in [0.25, 0.3) is 0 Å². The number of hydrogen-bond donors (Lipinski definition) is 0. The van der Waals surface area contributed by atoms with Crippen LogP contribution in [-0.4, -0.2) is 42.6 Å². The Morgan fingerprint density at radius 2 is 1.12 bits per heavy atom. The quantitative estimate of drug-likeness (QED) is 0.382. The molecule has 0 spiro atoms. The second-order valence-electron chi connectivity index (χ2n) is 9.75. The van der Waals surface area contributed by atoms with Crippen LogP contribution in [0.4, 0.5) is 0 Å². The van der Waals surface area contributed by atoms with Crippen LogP contribution in [0, 0.1) is 11.8 Å². The lowest BCUT2D eigenvalue weighted by Crippen LogP contribution is -2.49. The van der Waals surface area contributed by atoms with Gasteiger partial charge in [-0.1, -0.05) is 73.5 Å². The number of likely N-dealkylation sites (tertiary alicyclic amines) is 1. The lowest BCUT2D eigenvalue weighted by molar-refractivity contribution is -0.918. The molecule has 1 heterocycles. The third-order valence-electron chi connectivity index (χ3n) is 7.38. The molecule has 0 bridgehead atoms. The van der Waals surface area contributed by atoms with E-state index >= 15 is 0 Å². The van der Waals surface area contributed by atoms with E-state index in [4.69, 9.17) is 9.47 Å². The minimum absolute atomic E-state index is 0.155. The van der Waals surface area contributed by atoms with E-state index in [-0.39, 0.29) is 11.9 Å². The third kappa shape index (κ3) is 6.91. The average Bonchev–Trinajstić information content (AvgIpc) is 3.24. The zero-order valence-corrected chi connectivity index (χ0v) is 19.5. The summed E-state index contributed by atoms with van der Waals surface area (Å²) < 4.78 is 11.9. The van der Waals surface area contributed by atoms with Crippen molar-refractivity contribution in [1.82, 2.24) is 0 Å². The molecule has 176 valence electrons. The Bertz CT molecular complexity index is 823. The summed E-state index contributed by atoms with van der Waals surface area (Å²) in [5.74, 6) is 1.13. The van der Waals surface area contributed by atoms with Gasteiger partial charge in [-0.15, -0.1) is 0 Å². The van der Waals surface area contributed by atoms with Crippen LogP contribution in [0.1, 0.15) is 49.7 Å². The van der Waals surface area contributed by atoms with E-state index in [1.54, 1.807) is 0 Å². The lowest BCUT2D eigenvalue weighted by atomic mass is 9.82. The Kier molecular flexibility index (Phi) is 8.16. The van der Waals surface area contributed by atoms with Gasteiger partial charge < -0.3 is 14.0 Å². The Balaban J connectivity index is 1.30. The predicted octanol–water partition coefficient (Wildman–Crippen LogP) is 4.89. The summed E-state index contributed by atoms with van der Waals surface area (Å²) in [5.41, 5.74) is 2.01. The number of nitrogens with zero attached hydrogens (tertiary/aromatic N) is 1.